The van der Waals surface area contributed by atoms with Gasteiger partial charge in [-0.1, -0.05) is 0 Å². The molecule has 1 unspecified atom stereocenters. The third-order valence-electron chi connectivity index (χ3n) is 2.98. The summed E-state index contributed by atoms with van der Waals surface area (Å²) < 4.78 is 0. The monoisotopic (exact) mass is 274 g/mol. The molecule has 4 nitrogen and oxygen atoms in total. The molecule has 1 atom stereocenters. The van der Waals surface area contributed by atoms with Crippen molar-refractivity contribution in [3.63, 3.8) is 0 Å². The van der Waals surface area contributed by atoms with E-state index in [0.29, 0.717) is 18.3 Å². The lowest BCUT2D eigenvalue weighted by Crippen LogP contribution is -2.34. The van der Waals surface area contributed by atoms with Crippen molar-refractivity contribution >= 4 is 34.6 Å². The highest BCUT2D eigenvalue weighted by Crippen LogP contribution is 2.34. The summed E-state index contributed by atoms with van der Waals surface area (Å²) in [5.41, 5.74) is 2.13. The van der Waals surface area contributed by atoms with E-state index >= 15 is 0 Å². The van der Waals surface area contributed by atoms with E-state index in [2.05, 4.69) is 4.90 Å². The first kappa shape index (κ1) is 12.5. The molecule has 1 heterocycles. The van der Waals surface area contributed by atoms with Gasteiger partial charge in [0.05, 0.1) is 4.92 Å². The van der Waals surface area contributed by atoms with Crippen LogP contribution in [0.3, 0.4) is 0 Å². The molecule has 17 heavy (non-hydrogen) atoms. The molecule has 0 N–H and O–H groups in total. The van der Waals surface area contributed by atoms with Gasteiger partial charge in [0.1, 0.15) is 0 Å². The number of anilines is 1. The van der Waals surface area contributed by atoms with Gasteiger partial charge >= 0.3 is 0 Å². The number of benzene rings is 1. The maximum Gasteiger partial charge on any atom is 0.269 e. The molecule has 1 aromatic rings. The van der Waals surface area contributed by atoms with Crippen LogP contribution in [-0.2, 0) is 6.42 Å². The van der Waals surface area contributed by atoms with Crippen molar-refractivity contribution in [2.75, 3.05) is 23.2 Å². The van der Waals surface area contributed by atoms with Crippen LogP contribution in [0.25, 0.3) is 0 Å². The second kappa shape index (κ2) is 5.10. The van der Waals surface area contributed by atoms with Gasteiger partial charge < -0.3 is 4.90 Å². The van der Waals surface area contributed by atoms with E-state index in [1.165, 1.54) is 6.07 Å². The molecule has 1 aliphatic heterocycles. The highest BCUT2D eigenvalue weighted by atomic mass is 35.5. The van der Waals surface area contributed by atoms with Crippen LogP contribution in [0.1, 0.15) is 5.56 Å². The van der Waals surface area contributed by atoms with Crippen LogP contribution in [0, 0.1) is 10.1 Å². The van der Waals surface area contributed by atoms with Crippen molar-refractivity contribution in [1.82, 2.24) is 0 Å². The lowest BCUT2D eigenvalue weighted by atomic mass is 10.1. The van der Waals surface area contributed by atoms with Crippen molar-refractivity contribution in [2.45, 2.75) is 12.5 Å². The van der Waals surface area contributed by atoms with Crippen LogP contribution in [0.5, 0.6) is 0 Å². The van der Waals surface area contributed by atoms with Gasteiger partial charge in [0.2, 0.25) is 0 Å². The average molecular weight is 275 g/mol. The number of fused-ring (bicyclic) bond motifs is 1. The first-order chi connectivity index (χ1) is 8.17. The summed E-state index contributed by atoms with van der Waals surface area (Å²) in [6, 6.07) is 5.12. The lowest BCUT2D eigenvalue weighted by Gasteiger charge is -2.24. The summed E-state index contributed by atoms with van der Waals surface area (Å²) in [5.74, 6) is 1.02. The number of rotatable bonds is 4. The van der Waals surface area contributed by atoms with E-state index in [-0.39, 0.29) is 16.7 Å². The molecule has 0 aliphatic carbocycles. The Morgan fingerprint density at radius 2 is 2.24 bits per heavy atom. The number of nitro groups is 1. The predicted molar refractivity (Wildman–Crippen MR) is 69.4 cm³/mol. The Kier molecular flexibility index (Phi) is 3.74. The maximum absolute atomic E-state index is 10.7. The molecule has 0 bridgehead atoms. The minimum atomic E-state index is -0.375. The van der Waals surface area contributed by atoms with Crippen LogP contribution in [-0.4, -0.2) is 29.3 Å². The van der Waals surface area contributed by atoms with Crippen molar-refractivity contribution in [1.29, 1.82) is 0 Å². The smallest absolute Gasteiger partial charge is 0.269 e. The molecule has 1 aromatic carbocycles. The van der Waals surface area contributed by atoms with Crippen LogP contribution in [0.2, 0.25) is 0 Å². The third kappa shape index (κ3) is 2.33. The summed E-state index contributed by atoms with van der Waals surface area (Å²) in [6.45, 7) is 0.712. The quantitative estimate of drug-likeness (QED) is 0.482. The SMILES string of the molecule is O=[N+]([O-])c1ccc2c(c1)CC(CCl)N2CCCl. The first-order valence-corrected chi connectivity index (χ1v) is 6.40. The minimum absolute atomic E-state index is 0.129. The van der Waals surface area contributed by atoms with Crippen LogP contribution in [0.15, 0.2) is 18.2 Å². The molecule has 0 saturated heterocycles. The topological polar surface area (TPSA) is 46.4 Å². The number of non-ortho nitro benzene ring substituents is 1. The normalized spacial score (nSPS) is 18.2. The van der Waals surface area contributed by atoms with Gasteiger partial charge in [0, 0.05) is 42.2 Å². The molecule has 1 aliphatic rings. The Bertz CT molecular complexity index is 439. The number of hydrogen-bond acceptors (Lipinski definition) is 3. The fourth-order valence-electron chi connectivity index (χ4n) is 2.22. The zero-order valence-electron chi connectivity index (χ0n) is 9.10. The molecular formula is C11H12Cl2N2O2. The number of nitrogens with zero attached hydrogens (tertiary/aromatic N) is 2. The van der Waals surface area contributed by atoms with Crippen LogP contribution >= 0.6 is 23.2 Å². The minimum Gasteiger partial charge on any atom is -0.366 e. The average Bonchev–Trinajstić information content (AvgIpc) is 2.67. The van der Waals surface area contributed by atoms with E-state index in [9.17, 15) is 10.1 Å². The lowest BCUT2D eigenvalue weighted by molar-refractivity contribution is -0.384. The highest BCUT2D eigenvalue weighted by molar-refractivity contribution is 6.19. The van der Waals surface area contributed by atoms with Gasteiger partial charge in [0.25, 0.3) is 5.69 Å². The molecule has 0 fully saturated rings. The molecule has 0 amide bonds. The first-order valence-electron chi connectivity index (χ1n) is 5.33. The van der Waals surface area contributed by atoms with Crippen LogP contribution < -0.4 is 4.90 Å². The van der Waals surface area contributed by atoms with E-state index in [1.807, 2.05) is 0 Å². The zero-order valence-corrected chi connectivity index (χ0v) is 10.6. The number of hydrogen-bond donors (Lipinski definition) is 0. The fourth-order valence-corrected chi connectivity index (χ4v) is 2.68. The molecule has 0 saturated carbocycles. The van der Waals surface area contributed by atoms with Gasteiger partial charge in [-0.3, -0.25) is 10.1 Å². The Balaban J connectivity index is 2.34. The molecule has 2 rings (SSSR count). The molecular weight excluding hydrogens is 263 g/mol. The van der Waals surface area contributed by atoms with Gasteiger partial charge in [0.15, 0.2) is 0 Å². The Morgan fingerprint density at radius 3 is 2.82 bits per heavy atom. The highest BCUT2D eigenvalue weighted by Gasteiger charge is 2.29. The van der Waals surface area contributed by atoms with Gasteiger partial charge in [-0.15, -0.1) is 23.2 Å². The Labute approximate surface area is 109 Å². The van der Waals surface area contributed by atoms with Crippen molar-refractivity contribution in [2.24, 2.45) is 0 Å². The van der Waals surface area contributed by atoms with Crippen molar-refractivity contribution < 1.29 is 4.92 Å². The molecule has 92 valence electrons. The summed E-state index contributed by atoms with van der Waals surface area (Å²) in [5, 5.41) is 10.7. The van der Waals surface area contributed by atoms with Gasteiger partial charge in [-0.25, -0.2) is 0 Å². The maximum atomic E-state index is 10.7. The molecule has 0 aromatic heterocycles. The second-order valence-corrected chi connectivity index (χ2v) is 4.65. The second-order valence-electron chi connectivity index (χ2n) is 3.96. The fraction of sp³-hybridized carbons (Fsp3) is 0.455. The number of nitro benzene ring substituents is 1. The molecule has 0 radical (unpaired) electrons. The molecule has 0 spiro atoms. The Morgan fingerprint density at radius 1 is 1.47 bits per heavy atom. The summed E-state index contributed by atoms with van der Waals surface area (Å²) in [4.78, 5) is 12.5. The van der Waals surface area contributed by atoms with Crippen molar-refractivity contribution in [3.8, 4) is 0 Å². The standard InChI is InChI=1S/C11H12Cl2N2O2/c12-3-4-14-10(7-13)6-8-5-9(15(16)17)1-2-11(8)14/h1-2,5,10H,3-4,6-7H2. The zero-order chi connectivity index (χ0) is 12.4. The van der Waals surface area contributed by atoms with Gasteiger partial charge in [-0.05, 0) is 18.1 Å². The summed E-state index contributed by atoms with van der Waals surface area (Å²) in [7, 11) is 0. The predicted octanol–water partition coefficient (Wildman–Crippen LogP) is 2.80. The van der Waals surface area contributed by atoms with Crippen LogP contribution in [0.4, 0.5) is 11.4 Å². The number of halogens is 2. The van der Waals surface area contributed by atoms with Gasteiger partial charge in [-0.2, -0.15) is 0 Å². The Hall–Kier alpha value is -1.000. The summed E-state index contributed by atoms with van der Waals surface area (Å²) >= 11 is 11.7. The molecule has 6 heteroatoms. The summed E-state index contributed by atoms with van der Waals surface area (Å²) in [6.07, 6.45) is 0.747. The number of alkyl halides is 2. The largest absolute Gasteiger partial charge is 0.366 e. The third-order valence-corrected chi connectivity index (χ3v) is 3.51. The van der Waals surface area contributed by atoms with E-state index in [4.69, 9.17) is 23.2 Å². The van der Waals surface area contributed by atoms with E-state index in [1.54, 1.807) is 12.1 Å². The van der Waals surface area contributed by atoms with E-state index < -0.39 is 0 Å². The van der Waals surface area contributed by atoms with Crippen molar-refractivity contribution in [3.05, 3.63) is 33.9 Å². The van der Waals surface area contributed by atoms with E-state index in [0.717, 1.165) is 17.7 Å².